The van der Waals surface area contributed by atoms with E-state index in [4.69, 9.17) is 11.6 Å². The lowest BCUT2D eigenvalue weighted by Gasteiger charge is -2.16. The largest absolute Gasteiger partial charge is 0.378 e. The lowest BCUT2D eigenvalue weighted by atomic mass is 10.0. The topological polar surface area (TPSA) is 52.7 Å². The first kappa shape index (κ1) is 21.6. The minimum atomic E-state index is -0.624. The number of rotatable bonds is 5. The number of carbonyl (C=O) groups excluding carboxylic acids is 2. The van der Waals surface area contributed by atoms with E-state index >= 15 is 0 Å². The van der Waals surface area contributed by atoms with Crippen molar-refractivity contribution < 1.29 is 14.0 Å². The summed E-state index contributed by atoms with van der Waals surface area (Å²) in [6, 6.07) is 18.6. The smallest absolute Gasteiger partial charge is 0.282 e. The van der Waals surface area contributed by atoms with Gasteiger partial charge >= 0.3 is 0 Å². The van der Waals surface area contributed by atoms with Crippen LogP contribution < -0.4 is 15.1 Å². The number of halogens is 2. The minimum absolute atomic E-state index is 0.150. The molecule has 0 aliphatic carbocycles. The van der Waals surface area contributed by atoms with Crippen molar-refractivity contribution in [2.75, 3.05) is 29.2 Å². The Morgan fingerprint density at radius 1 is 0.906 bits per heavy atom. The molecular weight excluding hydrogens is 429 g/mol. The summed E-state index contributed by atoms with van der Waals surface area (Å²) in [6.45, 7) is 1.94. The molecule has 0 saturated carbocycles. The van der Waals surface area contributed by atoms with Crippen LogP contribution in [0, 0.1) is 12.7 Å². The molecule has 5 nitrogen and oxygen atoms in total. The van der Waals surface area contributed by atoms with Crippen LogP contribution >= 0.6 is 11.6 Å². The summed E-state index contributed by atoms with van der Waals surface area (Å²) in [5.74, 6) is -1.67. The van der Waals surface area contributed by atoms with Crippen molar-refractivity contribution >= 4 is 46.1 Å². The van der Waals surface area contributed by atoms with E-state index in [1.54, 1.807) is 12.1 Å². The number of nitrogens with zero attached hydrogens (tertiary/aromatic N) is 2. The van der Waals surface area contributed by atoms with Gasteiger partial charge in [0.2, 0.25) is 0 Å². The fourth-order valence-electron chi connectivity index (χ4n) is 3.48. The number of carbonyl (C=O) groups is 2. The van der Waals surface area contributed by atoms with Crippen LogP contribution in [0.15, 0.2) is 72.4 Å². The zero-order valence-electron chi connectivity index (χ0n) is 17.8. The molecule has 32 heavy (non-hydrogen) atoms. The van der Waals surface area contributed by atoms with E-state index < -0.39 is 17.6 Å². The van der Waals surface area contributed by atoms with Crippen molar-refractivity contribution in [2.24, 2.45) is 0 Å². The van der Waals surface area contributed by atoms with Crippen molar-refractivity contribution in [1.82, 2.24) is 0 Å². The van der Waals surface area contributed by atoms with E-state index in [2.05, 4.69) is 5.32 Å². The molecule has 1 aliphatic rings. The molecule has 0 fully saturated rings. The third-order valence-electron chi connectivity index (χ3n) is 5.24. The zero-order valence-corrected chi connectivity index (χ0v) is 18.6. The Balaban J connectivity index is 1.78. The van der Waals surface area contributed by atoms with Gasteiger partial charge in [-0.15, -0.1) is 0 Å². The van der Waals surface area contributed by atoms with Crippen molar-refractivity contribution in [3.05, 3.63) is 94.4 Å². The summed E-state index contributed by atoms with van der Waals surface area (Å²) in [6.07, 6.45) is 0. The van der Waals surface area contributed by atoms with Crippen LogP contribution in [0.1, 0.15) is 11.1 Å². The molecule has 2 amide bonds. The third-order valence-corrected chi connectivity index (χ3v) is 5.53. The molecule has 0 unspecified atom stereocenters. The maximum absolute atomic E-state index is 13.7. The number of hydrogen-bond acceptors (Lipinski definition) is 4. The number of anilines is 3. The van der Waals surface area contributed by atoms with Gasteiger partial charge in [0.1, 0.15) is 11.5 Å². The molecule has 0 radical (unpaired) electrons. The molecule has 0 atom stereocenters. The van der Waals surface area contributed by atoms with Crippen molar-refractivity contribution in [3.63, 3.8) is 0 Å². The highest BCUT2D eigenvalue weighted by Crippen LogP contribution is 2.35. The Hall–Kier alpha value is -3.64. The molecule has 1 aliphatic heterocycles. The molecule has 162 valence electrons. The summed E-state index contributed by atoms with van der Waals surface area (Å²) >= 11 is 5.91. The van der Waals surface area contributed by atoms with Crippen LogP contribution in [0.5, 0.6) is 0 Å². The summed E-state index contributed by atoms with van der Waals surface area (Å²) in [4.78, 5) is 29.8. The minimum Gasteiger partial charge on any atom is -0.378 e. The normalized spacial score (nSPS) is 13.7. The third kappa shape index (κ3) is 3.97. The van der Waals surface area contributed by atoms with Crippen LogP contribution in [-0.4, -0.2) is 25.9 Å². The molecular formula is C25H21ClFN3O2. The second kappa shape index (κ2) is 8.48. The molecule has 3 aromatic rings. The lowest BCUT2D eigenvalue weighted by Crippen LogP contribution is -2.32. The van der Waals surface area contributed by atoms with Crippen LogP contribution in [-0.2, 0) is 9.59 Å². The van der Waals surface area contributed by atoms with E-state index in [1.165, 1.54) is 12.1 Å². The Morgan fingerprint density at radius 2 is 1.56 bits per heavy atom. The van der Waals surface area contributed by atoms with Gasteiger partial charge in [-0.1, -0.05) is 41.4 Å². The number of hydrogen-bond donors (Lipinski definition) is 1. The van der Waals surface area contributed by atoms with Gasteiger partial charge in [-0.3, -0.25) is 9.59 Å². The first-order chi connectivity index (χ1) is 15.3. The molecule has 7 heteroatoms. The van der Waals surface area contributed by atoms with E-state index in [1.807, 2.05) is 62.3 Å². The molecule has 1 heterocycles. The van der Waals surface area contributed by atoms with Crippen LogP contribution in [0.3, 0.4) is 0 Å². The monoisotopic (exact) mass is 449 g/mol. The summed E-state index contributed by atoms with van der Waals surface area (Å²) in [7, 11) is 3.87. The Kier molecular flexibility index (Phi) is 5.72. The Labute approximate surface area is 190 Å². The number of aryl methyl sites for hydroxylation is 1. The zero-order chi connectivity index (χ0) is 23.0. The average molecular weight is 450 g/mol. The van der Waals surface area contributed by atoms with Crippen molar-refractivity contribution in [3.8, 4) is 0 Å². The maximum Gasteiger partial charge on any atom is 0.282 e. The molecule has 4 rings (SSSR count). The van der Waals surface area contributed by atoms with Crippen molar-refractivity contribution in [2.45, 2.75) is 6.92 Å². The van der Waals surface area contributed by atoms with Crippen LogP contribution in [0.25, 0.3) is 5.57 Å². The quantitative estimate of drug-likeness (QED) is 0.540. The highest BCUT2D eigenvalue weighted by Gasteiger charge is 2.40. The summed E-state index contributed by atoms with van der Waals surface area (Å²) in [5, 5.41) is 2.95. The molecule has 0 bridgehead atoms. The SMILES string of the molecule is Cc1ccc(C2=C(Nc3ccc(N(C)C)cc3)C(=O)N(c3ccc(F)c(Cl)c3)C2=O)cc1. The van der Waals surface area contributed by atoms with Gasteiger partial charge in [-0.2, -0.15) is 0 Å². The first-order valence-corrected chi connectivity index (χ1v) is 10.3. The average Bonchev–Trinajstić information content (AvgIpc) is 3.01. The highest BCUT2D eigenvalue weighted by molar-refractivity contribution is 6.46. The van der Waals surface area contributed by atoms with E-state index in [0.29, 0.717) is 11.3 Å². The van der Waals surface area contributed by atoms with E-state index in [-0.39, 0.29) is 22.0 Å². The molecule has 3 aromatic carbocycles. The lowest BCUT2D eigenvalue weighted by molar-refractivity contribution is -0.120. The number of nitrogens with one attached hydrogen (secondary N) is 1. The van der Waals surface area contributed by atoms with Crippen molar-refractivity contribution in [1.29, 1.82) is 0 Å². The van der Waals surface area contributed by atoms with Gasteiger partial charge in [0.05, 0.1) is 16.3 Å². The second-order valence-corrected chi connectivity index (χ2v) is 8.13. The van der Waals surface area contributed by atoms with E-state index in [9.17, 15) is 14.0 Å². The number of imide groups is 1. The number of benzene rings is 3. The summed E-state index contributed by atoms with van der Waals surface area (Å²) < 4.78 is 13.7. The van der Waals surface area contributed by atoms with Gasteiger partial charge in [-0.05, 0) is 55.0 Å². The van der Waals surface area contributed by atoms with Crippen LogP contribution in [0.2, 0.25) is 5.02 Å². The predicted octanol–water partition coefficient (Wildman–Crippen LogP) is 5.25. The standard InChI is InChI=1S/C25H21ClFN3O2/c1-15-4-6-16(7-5-15)22-23(28-17-8-10-18(11-9-17)29(2)3)25(32)30(24(22)31)19-12-13-21(27)20(26)14-19/h4-14,28H,1-3H3. The first-order valence-electron chi connectivity index (χ1n) is 9.96. The van der Waals surface area contributed by atoms with Gasteiger partial charge < -0.3 is 10.2 Å². The highest BCUT2D eigenvalue weighted by atomic mass is 35.5. The fourth-order valence-corrected chi connectivity index (χ4v) is 3.65. The molecule has 1 N–H and O–H groups in total. The Morgan fingerprint density at radius 3 is 2.16 bits per heavy atom. The Bertz CT molecular complexity index is 1240. The molecule has 0 aromatic heterocycles. The van der Waals surface area contributed by atoms with Gasteiger partial charge in [0.25, 0.3) is 11.8 Å². The van der Waals surface area contributed by atoms with Crippen LogP contribution in [0.4, 0.5) is 21.5 Å². The van der Waals surface area contributed by atoms with Gasteiger partial charge in [-0.25, -0.2) is 9.29 Å². The maximum atomic E-state index is 13.7. The number of amides is 2. The molecule has 0 saturated heterocycles. The second-order valence-electron chi connectivity index (χ2n) is 7.73. The van der Waals surface area contributed by atoms with Gasteiger partial charge in [0, 0.05) is 25.5 Å². The fraction of sp³-hybridized carbons (Fsp3) is 0.120. The predicted molar refractivity (Wildman–Crippen MR) is 126 cm³/mol. The summed E-state index contributed by atoms with van der Waals surface area (Å²) in [5.41, 5.74) is 3.90. The molecule has 0 spiro atoms. The van der Waals surface area contributed by atoms with E-state index in [0.717, 1.165) is 22.2 Å². The van der Waals surface area contributed by atoms with Gasteiger partial charge in [0.15, 0.2) is 0 Å².